The van der Waals surface area contributed by atoms with Crippen LogP contribution in [0.25, 0.3) is 0 Å². The van der Waals surface area contributed by atoms with E-state index in [1.165, 1.54) is 58.2 Å². The van der Waals surface area contributed by atoms with Crippen LogP contribution in [-0.4, -0.2) is 36.1 Å². The van der Waals surface area contributed by atoms with Crippen molar-refractivity contribution in [1.82, 2.24) is 10.2 Å². The molecule has 0 amide bonds. The van der Waals surface area contributed by atoms with E-state index in [-0.39, 0.29) is 5.54 Å². The molecule has 0 aromatic rings. The summed E-state index contributed by atoms with van der Waals surface area (Å²) in [5.74, 6) is 0.801. The van der Waals surface area contributed by atoms with Crippen molar-refractivity contribution >= 4 is 0 Å². The molecule has 0 spiro atoms. The highest BCUT2D eigenvalue weighted by Gasteiger charge is 2.32. The molecule has 0 bridgehead atoms. The molecule has 1 fully saturated rings. The molecular weight excluding hydrogens is 232 g/mol. The Morgan fingerprint density at radius 3 is 2.47 bits per heavy atom. The molecule has 1 unspecified atom stereocenters. The van der Waals surface area contributed by atoms with Gasteiger partial charge in [0, 0.05) is 24.7 Å². The molecular formula is C17H36N2. The molecule has 114 valence electrons. The maximum absolute atomic E-state index is 3.71. The van der Waals surface area contributed by atoms with Gasteiger partial charge in [0.2, 0.25) is 0 Å². The van der Waals surface area contributed by atoms with Crippen LogP contribution in [0.2, 0.25) is 0 Å². The third kappa shape index (κ3) is 6.76. The summed E-state index contributed by atoms with van der Waals surface area (Å²) in [7, 11) is 0. The Hall–Kier alpha value is -0.0800. The summed E-state index contributed by atoms with van der Waals surface area (Å²) in [6, 6.07) is 0.749. The summed E-state index contributed by atoms with van der Waals surface area (Å²) in [6.45, 7) is 15.3. The molecule has 1 rings (SSSR count). The van der Waals surface area contributed by atoms with E-state index in [1.54, 1.807) is 0 Å². The Morgan fingerprint density at radius 2 is 1.84 bits per heavy atom. The van der Waals surface area contributed by atoms with E-state index < -0.39 is 0 Å². The summed E-state index contributed by atoms with van der Waals surface area (Å²) in [5.41, 5.74) is 0.289. The van der Waals surface area contributed by atoms with Gasteiger partial charge in [0.1, 0.15) is 0 Å². The van der Waals surface area contributed by atoms with Crippen molar-refractivity contribution in [3.63, 3.8) is 0 Å². The van der Waals surface area contributed by atoms with E-state index >= 15 is 0 Å². The number of hydrogen-bond acceptors (Lipinski definition) is 2. The number of nitrogens with zero attached hydrogens (tertiary/aromatic N) is 1. The molecule has 1 aliphatic rings. The Balaban J connectivity index is 2.38. The fourth-order valence-electron chi connectivity index (χ4n) is 3.17. The quantitative estimate of drug-likeness (QED) is 0.668. The molecule has 0 aliphatic carbocycles. The summed E-state index contributed by atoms with van der Waals surface area (Å²) in [4.78, 5) is 2.75. The highest BCUT2D eigenvalue weighted by Crippen LogP contribution is 2.20. The second kappa shape index (κ2) is 8.26. The van der Waals surface area contributed by atoms with Gasteiger partial charge in [-0.25, -0.2) is 0 Å². The monoisotopic (exact) mass is 268 g/mol. The summed E-state index contributed by atoms with van der Waals surface area (Å²) < 4.78 is 0. The molecule has 1 saturated heterocycles. The van der Waals surface area contributed by atoms with E-state index in [1.807, 2.05) is 0 Å². The lowest BCUT2D eigenvalue weighted by Gasteiger charge is -2.45. The van der Waals surface area contributed by atoms with Crippen LogP contribution in [0.3, 0.4) is 0 Å². The number of piperazine rings is 1. The molecule has 0 saturated carbocycles. The average Bonchev–Trinajstić information content (AvgIpc) is 2.31. The highest BCUT2D eigenvalue weighted by molar-refractivity contribution is 4.92. The Bertz CT molecular complexity index is 235. The lowest BCUT2D eigenvalue weighted by molar-refractivity contribution is 0.0810. The molecule has 0 aromatic heterocycles. The lowest BCUT2D eigenvalue weighted by Crippen LogP contribution is -2.61. The van der Waals surface area contributed by atoms with Gasteiger partial charge < -0.3 is 5.32 Å². The topological polar surface area (TPSA) is 15.3 Å². The van der Waals surface area contributed by atoms with Crippen LogP contribution in [0.4, 0.5) is 0 Å². The smallest absolute Gasteiger partial charge is 0.0252 e. The SMILES string of the molecule is CCCCCCCN1CC(C)(C)NCC1CC(C)C. The summed E-state index contributed by atoms with van der Waals surface area (Å²) in [5, 5.41) is 3.71. The standard InChI is InChI=1S/C17H36N2/c1-6-7-8-9-10-11-19-14-17(4,5)18-13-16(19)12-15(2)3/h15-16,18H,6-14H2,1-5H3. The normalized spacial score (nSPS) is 24.0. The fraction of sp³-hybridized carbons (Fsp3) is 1.00. The molecule has 19 heavy (non-hydrogen) atoms. The van der Waals surface area contributed by atoms with Crippen molar-refractivity contribution in [1.29, 1.82) is 0 Å². The van der Waals surface area contributed by atoms with Crippen LogP contribution in [0.1, 0.15) is 73.1 Å². The van der Waals surface area contributed by atoms with Gasteiger partial charge in [0.25, 0.3) is 0 Å². The van der Waals surface area contributed by atoms with Gasteiger partial charge in [-0.3, -0.25) is 4.90 Å². The molecule has 0 aromatic carbocycles. The maximum Gasteiger partial charge on any atom is 0.0252 e. The Morgan fingerprint density at radius 1 is 1.16 bits per heavy atom. The minimum Gasteiger partial charge on any atom is -0.309 e. The van der Waals surface area contributed by atoms with Crippen LogP contribution in [0.5, 0.6) is 0 Å². The highest BCUT2D eigenvalue weighted by atomic mass is 15.2. The van der Waals surface area contributed by atoms with Gasteiger partial charge in [-0.2, -0.15) is 0 Å². The molecule has 1 atom stereocenters. The van der Waals surface area contributed by atoms with Gasteiger partial charge in [-0.1, -0.05) is 46.5 Å². The third-order valence-corrected chi connectivity index (χ3v) is 4.22. The van der Waals surface area contributed by atoms with Gasteiger partial charge in [0.15, 0.2) is 0 Å². The zero-order chi connectivity index (χ0) is 14.3. The second-order valence-electron chi connectivity index (χ2n) is 7.43. The van der Waals surface area contributed by atoms with Gasteiger partial charge in [-0.05, 0) is 39.2 Å². The molecule has 1 heterocycles. The summed E-state index contributed by atoms with van der Waals surface area (Å²) in [6.07, 6.45) is 8.29. The predicted molar refractivity (Wildman–Crippen MR) is 85.7 cm³/mol. The van der Waals surface area contributed by atoms with Crippen molar-refractivity contribution < 1.29 is 0 Å². The van der Waals surface area contributed by atoms with Gasteiger partial charge in [-0.15, -0.1) is 0 Å². The zero-order valence-corrected chi connectivity index (χ0v) is 14.0. The first-order valence-electron chi connectivity index (χ1n) is 8.43. The van der Waals surface area contributed by atoms with Gasteiger partial charge >= 0.3 is 0 Å². The van der Waals surface area contributed by atoms with Crippen LogP contribution in [0.15, 0.2) is 0 Å². The van der Waals surface area contributed by atoms with Crippen LogP contribution >= 0.6 is 0 Å². The van der Waals surface area contributed by atoms with Crippen LogP contribution in [0, 0.1) is 5.92 Å². The van der Waals surface area contributed by atoms with Crippen molar-refractivity contribution in [2.45, 2.75) is 84.7 Å². The first-order valence-corrected chi connectivity index (χ1v) is 8.43. The molecule has 0 radical (unpaired) electrons. The molecule has 2 heteroatoms. The van der Waals surface area contributed by atoms with Crippen molar-refractivity contribution in [2.75, 3.05) is 19.6 Å². The molecule has 2 nitrogen and oxygen atoms in total. The number of nitrogens with one attached hydrogen (secondary N) is 1. The lowest BCUT2D eigenvalue weighted by atomic mass is 9.93. The van der Waals surface area contributed by atoms with E-state index in [4.69, 9.17) is 0 Å². The average molecular weight is 268 g/mol. The maximum atomic E-state index is 3.71. The molecule has 1 aliphatic heterocycles. The van der Waals surface area contributed by atoms with Crippen LogP contribution in [-0.2, 0) is 0 Å². The minimum absolute atomic E-state index is 0.289. The Labute approximate surface area is 121 Å². The fourth-order valence-corrected chi connectivity index (χ4v) is 3.17. The van der Waals surface area contributed by atoms with E-state index in [0.29, 0.717) is 0 Å². The first-order chi connectivity index (χ1) is 8.94. The van der Waals surface area contributed by atoms with E-state index in [0.717, 1.165) is 12.0 Å². The largest absolute Gasteiger partial charge is 0.309 e. The van der Waals surface area contributed by atoms with Crippen molar-refractivity contribution in [2.24, 2.45) is 5.92 Å². The second-order valence-corrected chi connectivity index (χ2v) is 7.43. The van der Waals surface area contributed by atoms with E-state index in [9.17, 15) is 0 Å². The van der Waals surface area contributed by atoms with E-state index in [2.05, 4.69) is 44.8 Å². The van der Waals surface area contributed by atoms with Gasteiger partial charge in [0.05, 0.1) is 0 Å². The Kier molecular flexibility index (Phi) is 7.38. The zero-order valence-electron chi connectivity index (χ0n) is 14.0. The number of hydrogen-bond donors (Lipinski definition) is 1. The predicted octanol–water partition coefficient (Wildman–Crippen LogP) is 4.06. The molecule has 1 N–H and O–H groups in total. The third-order valence-electron chi connectivity index (χ3n) is 4.22. The van der Waals surface area contributed by atoms with Crippen LogP contribution < -0.4 is 5.32 Å². The van der Waals surface area contributed by atoms with Crippen molar-refractivity contribution in [3.05, 3.63) is 0 Å². The minimum atomic E-state index is 0.289. The number of rotatable bonds is 8. The van der Waals surface area contributed by atoms with Crippen molar-refractivity contribution in [3.8, 4) is 0 Å². The first kappa shape index (κ1) is 17.0. The number of unbranched alkanes of at least 4 members (excludes halogenated alkanes) is 4. The summed E-state index contributed by atoms with van der Waals surface area (Å²) >= 11 is 0.